The normalized spacial score (nSPS) is 12.6. The zero-order valence-electron chi connectivity index (χ0n) is 19.0. The Morgan fingerprint density at radius 3 is 2.29 bits per heavy atom. The molecule has 0 aliphatic heterocycles. The molecule has 2 aromatic rings. The minimum absolute atomic E-state index is 0.176. The molecule has 1 unspecified atom stereocenters. The van der Waals surface area contributed by atoms with Crippen LogP contribution in [0, 0.1) is 5.92 Å². The molecule has 0 amide bonds. The number of rotatable bonds is 11. The lowest BCUT2D eigenvalue weighted by atomic mass is 9.96. The number of allylic oxidation sites excluding steroid dienone is 1. The summed E-state index contributed by atoms with van der Waals surface area (Å²) in [6, 6.07) is 16.0. The van der Waals surface area contributed by atoms with Crippen molar-refractivity contribution in [3.8, 4) is 11.1 Å². The van der Waals surface area contributed by atoms with Gasteiger partial charge in [0.05, 0.1) is 6.04 Å². The summed E-state index contributed by atoms with van der Waals surface area (Å²) >= 11 is 0. The summed E-state index contributed by atoms with van der Waals surface area (Å²) in [5.74, 6) is 6.08. The molecule has 0 spiro atoms. The lowest BCUT2D eigenvalue weighted by Crippen LogP contribution is -2.39. The van der Waals surface area contributed by atoms with Gasteiger partial charge in [0.15, 0.2) is 5.84 Å². The van der Waals surface area contributed by atoms with Crippen molar-refractivity contribution in [3.63, 3.8) is 0 Å². The first kappa shape index (κ1) is 24.1. The van der Waals surface area contributed by atoms with Crippen molar-refractivity contribution in [3.05, 3.63) is 84.3 Å². The van der Waals surface area contributed by atoms with Gasteiger partial charge in [0.25, 0.3) is 0 Å². The van der Waals surface area contributed by atoms with Crippen LogP contribution in [0.15, 0.2) is 78.2 Å². The molecule has 166 valence electrons. The van der Waals surface area contributed by atoms with Gasteiger partial charge in [-0.25, -0.2) is 0 Å². The summed E-state index contributed by atoms with van der Waals surface area (Å²) in [6.45, 7) is 15.1. The Morgan fingerprint density at radius 1 is 1.10 bits per heavy atom. The van der Waals surface area contributed by atoms with Crippen LogP contribution >= 0.6 is 0 Å². The summed E-state index contributed by atoms with van der Waals surface area (Å²) in [5, 5.41) is 13.9. The van der Waals surface area contributed by atoms with E-state index in [0.717, 1.165) is 47.2 Å². The second-order valence-electron chi connectivity index (χ2n) is 8.23. The van der Waals surface area contributed by atoms with Crippen LogP contribution in [-0.4, -0.2) is 21.9 Å². The number of hydrogen-bond acceptors (Lipinski definition) is 4. The molecule has 0 aliphatic carbocycles. The van der Waals surface area contributed by atoms with Gasteiger partial charge in [-0.15, -0.1) is 0 Å². The molecule has 31 heavy (non-hydrogen) atoms. The maximum absolute atomic E-state index is 10.3. The predicted molar refractivity (Wildman–Crippen MR) is 131 cm³/mol. The van der Waals surface area contributed by atoms with Crippen molar-refractivity contribution in [1.82, 2.24) is 4.90 Å². The molecular formula is C26H36N4O. The molecule has 0 fully saturated rings. The Balaban J connectivity index is 2.33. The number of aliphatic hydroxyl groups is 1. The lowest BCUT2D eigenvalue weighted by Gasteiger charge is -2.37. The number of nitrogens with two attached hydrogens (primary N) is 2. The SMILES string of the molecule is C=C(O)C(C(C)C)N(Cc1ccc(-c2ccccc2/C(N)=N/N)cc1)C(=C)CCCC. The van der Waals surface area contributed by atoms with E-state index in [2.05, 4.69) is 68.2 Å². The fraction of sp³-hybridized carbons (Fsp3) is 0.346. The predicted octanol–water partition coefficient (Wildman–Crippen LogP) is 5.53. The van der Waals surface area contributed by atoms with E-state index >= 15 is 0 Å². The van der Waals surface area contributed by atoms with Gasteiger partial charge in [0.1, 0.15) is 5.76 Å². The molecular weight excluding hydrogens is 384 g/mol. The quantitative estimate of drug-likeness (QED) is 0.146. The maximum Gasteiger partial charge on any atom is 0.150 e. The smallest absolute Gasteiger partial charge is 0.150 e. The number of aliphatic hydroxyl groups excluding tert-OH is 1. The van der Waals surface area contributed by atoms with Crippen LogP contribution in [0.4, 0.5) is 0 Å². The van der Waals surface area contributed by atoms with Crippen LogP contribution in [0.1, 0.15) is 51.2 Å². The first-order chi connectivity index (χ1) is 14.8. The van der Waals surface area contributed by atoms with Gasteiger partial charge in [-0.1, -0.05) is 88.9 Å². The zero-order chi connectivity index (χ0) is 23.0. The van der Waals surface area contributed by atoms with E-state index < -0.39 is 0 Å². The zero-order valence-corrected chi connectivity index (χ0v) is 19.0. The maximum atomic E-state index is 10.3. The molecule has 0 saturated carbocycles. The van der Waals surface area contributed by atoms with Crippen molar-refractivity contribution >= 4 is 5.84 Å². The van der Waals surface area contributed by atoms with Crippen LogP contribution in [0.5, 0.6) is 0 Å². The first-order valence-electron chi connectivity index (χ1n) is 10.8. The monoisotopic (exact) mass is 420 g/mol. The Morgan fingerprint density at radius 2 is 1.74 bits per heavy atom. The molecule has 0 aromatic heterocycles. The number of hydrogen-bond donors (Lipinski definition) is 3. The van der Waals surface area contributed by atoms with Gasteiger partial charge in [-0.3, -0.25) is 0 Å². The number of benzene rings is 2. The second kappa shape index (κ2) is 11.3. The molecule has 0 bridgehead atoms. The molecule has 1 atom stereocenters. The van der Waals surface area contributed by atoms with Crippen molar-refractivity contribution in [1.29, 1.82) is 0 Å². The third-order valence-corrected chi connectivity index (χ3v) is 5.49. The number of amidine groups is 1. The fourth-order valence-electron chi connectivity index (χ4n) is 3.87. The van der Waals surface area contributed by atoms with E-state index in [4.69, 9.17) is 11.6 Å². The highest BCUT2D eigenvalue weighted by molar-refractivity contribution is 6.03. The minimum atomic E-state index is -0.176. The van der Waals surface area contributed by atoms with E-state index in [-0.39, 0.29) is 17.7 Å². The van der Waals surface area contributed by atoms with Crippen molar-refractivity contribution in [2.75, 3.05) is 0 Å². The third-order valence-electron chi connectivity index (χ3n) is 5.49. The first-order valence-corrected chi connectivity index (χ1v) is 10.8. The number of hydrazone groups is 1. The summed E-state index contributed by atoms with van der Waals surface area (Å²) in [5.41, 5.74) is 10.9. The van der Waals surface area contributed by atoms with Gasteiger partial charge < -0.3 is 21.6 Å². The molecule has 5 nitrogen and oxygen atoms in total. The lowest BCUT2D eigenvalue weighted by molar-refractivity contribution is 0.165. The average Bonchev–Trinajstić information content (AvgIpc) is 2.76. The minimum Gasteiger partial charge on any atom is -0.511 e. The van der Waals surface area contributed by atoms with E-state index in [9.17, 15) is 5.11 Å². The van der Waals surface area contributed by atoms with Crippen molar-refractivity contribution in [2.24, 2.45) is 22.6 Å². The van der Waals surface area contributed by atoms with E-state index in [1.54, 1.807) is 0 Å². The topological polar surface area (TPSA) is 87.9 Å². The highest BCUT2D eigenvalue weighted by Gasteiger charge is 2.25. The standard InChI is InChI=1S/C26H36N4O/c1-6-7-10-19(4)30(25(18(2)3)20(5)31)17-21-13-15-22(16-14-21)23-11-8-9-12-24(23)26(27)29-28/h8-9,11-16,18,25,31H,4-7,10,17,28H2,1-3H3,(H2,27,29). The summed E-state index contributed by atoms with van der Waals surface area (Å²) in [7, 11) is 0. The number of nitrogens with zero attached hydrogens (tertiary/aromatic N) is 2. The highest BCUT2D eigenvalue weighted by atomic mass is 16.3. The van der Waals surface area contributed by atoms with E-state index in [1.165, 1.54) is 0 Å². The van der Waals surface area contributed by atoms with E-state index in [0.29, 0.717) is 12.4 Å². The molecule has 5 N–H and O–H groups in total. The van der Waals surface area contributed by atoms with Gasteiger partial charge in [-0.05, 0) is 35.4 Å². The van der Waals surface area contributed by atoms with Gasteiger partial charge in [-0.2, -0.15) is 5.10 Å². The average molecular weight is 421 g/mol. The number of unbranched alkanes of at least 4 members (excludes halogenated alkanes) is 1. The Bertz CT molecular complexity index is 915. The summed E-state index contributed by atoms with van der Waals surface area (Å²) < 4.78 is 0. The molecule has 2 rings (SSSR count). The van der Waals surface area contributed by atoms with Crippen LogP contribution in [0.2, 0.25) is 0 Å². The van der Waals surface area contributed by atoms with Crippen molar-refractivity contribution in [2.45, 2.75) is 52.6 Å². The van der Waals surface area contributed by atoms with Crippen LogP contribution in [-0.2, 0) is 6.54 Å². The molecule has 0 heterocycles. The van der Waals surface area contributed by atoms with Crippen LogP contribution in [0.3, 0.4) is 0 Å². The van der Waals surface area contributed by atoms with Crippen molar-refractivity contribution < 1.29 is 5.11 Å². The molecule has 0 aliphatic rings. The molecule has 2 aromatic carbocycles. The third kappa shape index (κ3) is 6.14. The molecule has 5 heteroatoms. The fourth-order valence-corrected chi connectivity index (χ4v) is 3.87. The van der Waals surface area contributed by atoms with Crippen LogP contribution in [0.25, 0.3) is 11.1 Å². The Labute approximate surface area is 186 Å². The second-order valence-corrected chi connectivity index (χ2v) is 8.23. The summed E-state index contributed by atoms with van der Waals surface area (Å²) in [6.07, 6.45) is 3.07. The molecule has 0 radical (unpaired) electrons. The largest absolute Gasteiger partial charge is 0.511 e. The Hall–Kier alpha value is -3.21. The van der Waals surface area contributed by atoms with Gasteiger partial charge in [0.2, 0.25) is 0 Å². The van der Waals surface area contributed by atoms with Crippen LogP contribution < -0.4 is 11.6 Å². The summed E-state index contributed by atoms with van der Waals surface area (Å²) in [4.78, 5) is 2.19. The Kier molecular flexibility index (Phi) is 8.74. The van der Waals surface area contributed by atoms with Gasteiger partial charge >= 0.3 is 0 Å². The highest BCUT2D eigenvalue weighted by Crippen LogP contribution is 2.28. The molecule has 0 saturated heterocycles. The van der Waals surface area contributed by atoms with E-state index in [1.807, 2.05) is 24.3 Å². The van der Waals surface area contributed by atoms with Gasteiger partial charge in [0, 0.05) is 17.8 Å².